The molecule has 106 valence electrons. The maximum absolute atomic E-state index is 5.59. The number of hydrogen-bond acceptors (Lipinski definition) is 5. The normalized spacial score (nSPS) is 10.5. The van der Waals surface area contributed by atoms with Gasteiger partial charge in [0.25, 0.3) is 0 Å². The van der Waals surface area contributed by atoms with Crippen LogP contribution in [0.2, 0.25) is 0 Å². The molecule has 1 N–H and O–H groups in total. The van der Waals surface area contributed by atoms with E-state index < -0.39 is 0 Å². The van der Waals surface area contributed by atoms with E-state index in [9.17, 15) is 0 Å². The smallest absolute Gasteiger partial charge is 0.217 e. The number of nitrogens with zero attached hydrogens (tertiary/aromatic N) is 2. The van der Waals surface area contributed by atoms with Gasteiger partial charge >= 0.3 is 0 Å². The average Bonchev–Trinajstić information content (AvgIpc) is 2.46. The molecule has 0 spiro atoms. The fraction of sp³-hybridized carbons (Fsp3) is 0.333. The van der Waals surface area contributed by atoms with Crippen molar-refractivity contribution in [1.82, 2.24) is 15.3 Å². The van der Waals surface area contributed by atoms with Crippen LogP contribution in [0.5, 0.6) is 5.88 Å². The number of nitrogens with one attached hydrogen (secondary N) is 1. The number of hydrogen-bond donors (Lipinski definition) is 1. The number of aromatic nitrogens is 2. The second-order valence-electron chi connectivity index (χ2n) is 4.36. The molecule has 0 saturated carbocycles. The molecular formula is C15H19N3OS. The zero-order chi connectivity index (χ0) is 14.2. The molecule has 1 aromatic heterocycles. The van der Waals surface area contributed by atoms with E-state index >= 15 is 0 Å². The molecule has 0 aliphatic rings. The van der Waals surface area contributed by atoms with Crippen LogP contribution in [-0.4, -0.2) is 30.2 Å². The van der Waals surface area contributed by atoms with Gasteiger partial charge in [0.15, 0.2) is 5.16 Å². The van der Waals surface area contributed by atoms with Gasteiger partial charge in [0.1, 0.15) is 6.61 Å². The van der Waals surface area contributed by atoms with Gasteiger partial charge in [-0.2, -0.15) is 4.98 Å². The van der Waals surface area contributed by atoms with E-state index in [4.69, 9.17) is 4.74 Å². The van der Waals surface area contributed by atoms with Crippen molar-refractivity contribution in [3.63, 3.8) is 0 Å². The van der Waals surface area contributed by atoms with Crippen LogP contribution >= 0.6 is 11.8 Å². The standard InChI is InChI=1S/C15H19N3OS/c1-12-10-14(19-9-8-16-2)18-15(17-12)20-11-13-6-4-3-5-7-13/h3-7,10,16H,8-9,11H2,1-2H3. The number of ether oxygens (including phenoxy) is 1. The molecule has 20 heavy (non-hydrogen) atoms. The average molecular weight is 289 g/mol. The third-order valence-corrected chi connectivity index (χ3v) is 3.54. The Bertz CT molecular complexity index is 534. The van der Waals surface area contributed by atoms with Crippen LogP contribution in [0, 0.1) is 6.92 Å². The second kappa shape index (κ2) is 7.87. The minimum atomic E-state index is 0.607. The van der Waals surface area contributed by atoms with Crippen LogP contribution in [0.15, 0.2) is 41.6 Å². The summed E-state index contributed by atoms with van der Waals surface area (Å²) in [6, 6.07) is 12.2. The molecule has 0 radical (unpaired) electrons. The molecule has 1 aromatic carbocycles. The second-order valence-corrected chi connectivity index (χ2v) is 5.30. The van der Waals surface area contributed by atoms with Gasteiger partial charge in [0.2, 0.25) is 5.88 Å². The molecular weight excluding hydrogens is 270 g/mol. The zero-order valence-electron chi connectivity index (χ0n) is 11.8. The SMILES string of the molecule is CNCCOc1cc(C)nc(SCc2ccccc2)n1. The van der Waals surface area contributed by atoms with Gasteiger partial charge in [-0.1, -0.05) is 42.1 Å². The fourth-order valence-corrected chi connectivity index (χ4v) is 2.48. The molecule has 0 aliphatic heterocycles. The predicted molar refractivity (Wildman–Crippen MR) is 82.2 cm³/mol. The molecule has 5 heteroatoms. The van der Waals surface area contributed by atoms with Crippen LogP contribution in [-0.2, 0) is 5.75 Å². The van der Waals surface area contributed by atoms with Crippen molar-refractivity contribution in [3.8, 4) is 5.88 Å². The molecule has 0 aliphatic carbocycles. The summed E-state index contributed by atoms with van der Waals surface area (Å²) in [4.78, 5) is 8.86. The highest BCUT2D eigenvalue weighted by molar-refractivity contribution is 7.98. The van der Waals surface area contributed by atoms with E-state index in [2.05, 4.69) is 27.4 Å². The number of aryl methyl sites for hydroxylation is 1. The zero-order valence-corrected chi connectivity index (χ0v) is 12.6. The third kappa shape index (κ3) is 4.83. The lowest BCUT2D eigenvalue weighted by atomic mass is 10.2. The maximum atomic E-state index is 5.59. The monoisotopic (exact) mass is 289 g/mol. The Kier molecular flexibility index (Phi) is 5.83. The van der Waals surface area contributed by atoms with Crippen LogP contribution in [0.1, 0.15) is 11.3 Å². The lowest BCUT2D eigenvalue weighted by Crippen LogP contribution is -2.16. The van der Waals surface area contributed by atoms with Gasteiger partial charge in [-0.15, -0.1) is 0 Å². The van der Waals surface area contributed by atoms with Crippen molar-refractivity contribution < 1.29 is 4.74 Å². The first-order valence-electron chi connectivity index (χ1n) is 6.58. The Hall–Kier alpha value is -1.59. The molecule has 2 aromatic rings. The van der Waals surface area contributed by atoms with Crippen molar-refractivity contribution in [3.05, 3.63) is 47.7 Å². The minimum Gasteiger partial charge on any atom is -0.476 e. The van der Waals surface area contributed by atoms with E-state index in [1.165, 1.54) is 5.56 Å². The van der Waals surface area contributed by atoms with E-state index in [1.54, 1.807) is 11.8 Å². The molecule has 0 atom stereocenters. The summed E-state index contributed by atoms with van der Waals surface area (Å²) in [6.45, 7) is 3.37. The summed E-state index contributed by atoms with van der Waals surface area (Å²) in [6.07, 6.45) is 0. The number of benzene rings is 1. The van der Waals surface area contributed by atoms with Gasteiger partial charge in [0.05, 0.1) is 0 Å². The summed E-state index contributed by atoms with van der Waals surface area (Å²) in [5.41, 5.74) is 2.19. The third-order valence-electron chi connectivity index (χ3n) is 2.62. The van der Waals surface area contributed by atoms with Crippen LogP contribution in [0.25, 0.3) is 0 Å². The first-order valence-corrected chi connectivity index (χ1v) is 7.56. The largest absolute Gasteiger partial charge is 0.476 e. The highest BCUT2D eigenvalue weighted by Crippen LogP contribution is 2.21. The topological polar surface area (TPSA) is 47.0 Å². The lowest BCUT2D eigenvalue weighted by molar-refractivity contribution is 0.303. The molecule has 2 rings (SSSR count). The van der Waals surface area contributed by atoms with Gasteiger partial charge in [-0.25, -0.2) is 4.98 Å². The Morgan fingerprint density at radius 3 is 2.75 bits per heavy atom. The summed E-state index contributed by atoms with van der Waals surface area (Å²) < 4.78 is 5.59. The van der Waals surface area contributed by atoms with Crippen molar-refractivity contribution in [2.75, 3.05) is 20.2 Å². The lowest BCUT2D eigenvalue weighted by Gasteiger charge is -2.07. The first-order chi connectivity index (χ1) is 9.78. The fourth-order valence-electron chi connectivity index (χ4n) is 1.63. The highest BCUT2D eigenvalue weighted by atomic mass is 32.2. The summed E-state index contributed by atoms with van der Waals surface area (Å²) in [5, 5.41) is 3.80. The summed E-state index contributed by atoms with van der Waals surface area (Å²) in [5.74, 6) is 1.50. The van der Waals surface area contributed by atoms with Gasteiger partial charge in [-0.3, -0.25) is 0 Å². The molecule has 0 fully saturated rings. The molecule has 0 saturated heterocycles. The molecule has 0 bridgehead atoms. The van der Waals surface area contributed by atoms with E-state index in [1.807, 2.05) is 38.2 Å². The quantitative estimate of drug-likeness (QED) is 0.482. The van der Waals surface area contributed by atoms with E-state index in [0.29, 0.717) is 12.5 Å². The Labute approximate surface area is 124 Å². The molecule has 4 nitrogen and oxygen atoms in total. The van der Waals surface area contributed by atoms with Crippen LogP contribution < -0.4 is 10.1 Å². The maximum Gasteiger partial charge on any atom is 0.217 e. The van der Waals surface area contributed by atoms with Crippen molar-refractivity contribution in [2.24, 2.45) is 0 Å². The van der Waals surface area contributed by atoms with Crippen molar-refractivity contribution in [2.45, 2.75) is 17.8 Å². The Morgan fingerprint density at radius 1 is 1.20 bits per heavy atom. The number of likely N-dealkylation sites (N-methyl/N-ethyl adjacent to an activating group) is 1. The Balaban J connectivity index is 1.97. The molecule has 0 unspecified atom stereocenters. The van der Waals surface area contributed by atoms with E-state index in [0.717, 1.165) is 23.1 Å². The van der Waals surface area contributed by atoms with Gasteiger partial charge in [-0.05, 0) is 19.5 Å². The van der Waals surface area contributed by atoms with Crippen LogP contribution in [0.3, 0.4) is 0 Å². The van der Waals surface area contributed by atoms with Crippen molar-refractivity contribution in [1.29, 1.82) is 0 Å². The highest BCUT2D eigenvalue weighted by Gasteiger charge is 2.04. The minimum absolute atomic E-state index is 0.607. The number of rotatable bonds is 7. The summed E-state index contributed by atoms with van der Waals surface area (Å²) >= 11 is 1.62. The molecule has 1 heterocycles. The van der Waals surface area contributed by atoms with Gasteiger partial charge in [0, 0.05) is 24.1 Å². The first kappa shape index (κ1) is 14.8. The predicted octanol–water partition coefficient (Wildman–Crippen LogP) is 2.68. The van der Waals surface area contributed by atoms with Gasteiger partial charge < -0.3 is 10.1 Å². The van der Waals surface area contributed by atoms with Crippen LogP contribution in [0.4, 0.5) is 0 Å². The Morgan fingerprint density at radius 2 is 2.00 bits per heavy atom. The number of thioether (sulfide) groups is 1. The molecule has 0 amide bonds. The van der Waals surface area contributed by atoms with E-state index in [-0.39, 0.29) is 0 Å². The summed E-state index contributed by atoms with van der Waals surface area (Å²) in [7, 11) is 1.90. The van der Waals surface area contributed by atoms with Crippen molar-refractivity contribution >= 4 is 11.8 Å².